The molecule has 2 aromatic carbocycles. The average molecular weight is 277 g/mol. The van der Waals surface area contributed by atoms with E-state index in [9.17, 15) is 8.78 Å². The second-order valence-corrected chi connectivity index (χ2v) is 4.57. The van der Waals surface area contributed by atoms with Crippen molar-refractivity contribution in [2.75, 3.05) is 7.05 Å². The van der Waals surface area contributed by atoms with Crippen molar-refractivity contribution in [3.63, 3.8) is 0 Å². The molecule has 0 heterocycles. The summed E-state index contributed by atoms with van der Waals surface area (Å²) in [4.78, 5) is 0. The lowest BCUT2D eigenvalue weighted by Crippen LogP contribution is -2.12. The third-order valence-electron chi connectivity index (χ3n) is 3.24. The summed E-state index contributed by atoms with van der Waals surface area (Å²) in [6.07, 6.45) is 0. The van der Waals surface area contributed by atoms with Crippen LogP contribution in [-0.4, -0.2) is 7.05 Å². The molecule has 0 fully saturated rings. The third kappa shape index (κ3) is 3.33. The van der Waals surface area contributed by atoms with Crippen LogP contribution in [0, 0.1) is 11.6 Å². The zero-order chi connectivity index (χ0) is 14.5. The van der Waals surface area contributed by atoms with Crippen molar-refractivity contribution in [2.24, 2.45) is 0 Å². The third-order valence-corrected chi connectivity index (χ3v) is 3.24. The minimum Gasteiger partial charge on any atom is -0.489 e. The molecular weight excluding hydrogens is 260 g/mol. The van der Waals surface area contributed by atoms with E-state index in [-0.39, 0.29) is 18.2 Å². The smallest absolute Gasteiger partial charge is 0.132 e. The van der Waals surface area contributed by atoms with Gasteiger partial charge in [-0.1, -0.05) is 18.2 Å². The van der Waals surface area contributed by atoms with Crippen LogP contribution in [0.3, 0.4) is 0 Å². The molecule has 1 N–H and O–H groups in total. The number of hydrogen-bond acceptors (Lipinski definition) is 2. The number of hydrogen-bond donors (Lipinski definition) is 1. The molecule has 1 atom stereocenters. The monoisotopic (exact) mass is 277 g/mol. The molecule has 2 nitrogen and oxygen atoms in total. The van der Waals surface area contributed by atoms with Crippen LogP contribution in [0.15, 0.2) is 42.5 Å². The number of rotatable bonds is 5. The van der Waals surface area contributed by atoms with Gasteiger partial charge in [-0.15, -0.1) is 0 Å². The molecule has 0 amide bonds. The van der Waals surface area contributed by atoms with E-state index < -0.39 is 11.6 Å². The van der Waals surface area contributed by atoms with Crippen molar-refractivity contribution in [2.45, 2.75) is 19.6 Å². The Morgan fingerprint density at radius 2 is 1.75 bits per heavy atom. The highest BCUT2D eigenvalue weighted by atomic mass is 19.1. The van der Waals surface area contributed by atoms with Crippen LogP contribution in [0.4, 0.5) is 8.78 Å². The zero-order valence-corrected chi connectivity index (χ0v) is 11.5. The van der Waals surface area contributed by atoms with Crippen molar-refractivity contribution in [3.05, 3.63) is 65.2 Å². The lowest BCUT2D eigenvalue weighted by atomic mass is 10.1. The highest BCUT2D eigenvalue weighted by Gasteiger charge is 2.09. The summed E-state index contributed by atoms with van der Waals surface area (Å²) in [6, 6.07) is 11.4. The van der Waals surface area contributed by atoms with Gasteiger partial charge in [0.25, 0.3) is 0 Å². The van der Waals surface area contributed by atoms with Gasteiger partial charge in [-0.05, 0) is 43.8 Å². The number of benzene rings is 2. The average Bonchev–Trinajstić information content (AvgIpc) is 2.46. The van der Waals surface area contributed by atoms with Crippen LogP contribution in [0.2, 0.25) is 0 Å². The van der Waals surface area contributed by atoms with E-state index in [4.69, 9.17) is 4.74 Å². The van der Waals surface area contributed by atoms with Gasteiger partial charge in [-0.25, -0.2) is 8.78 Å². The Bertz CT molecular complexity index is 566. The van der Waals surface area contributed by atoms with Gasteiger partial charge in [-0.3, -0.25) is 0 Å². The van der Waals surface area contributed by atoms with Crippen molar-refractivity contribution < 1.29 is 13.5 Å². The van der Waals surface area contributed by atoms with Crippen molar-refractivity contribution in [3.8, 4) is 5.75 Å². The molecule has 2 rings (SSSR count). The summed E-state index contributed by atoms with van der Waals surface area (Å²) in [7, 11) is 1.87. The van der Waals surface area contributed by atoms with Gasteiger partial charge < -0.3 is 10.1 Å². The highest BCUT2D eigenvalue weighted by molar-refractivity contribution is 5.31. The van der Waals surface area contributed by atoms with Crippen molar-refractivity contribution in [1.29, 1.82) is 0 Å². The minimum absolute atomic E-state index is 0.0560. The minimum atomic E-state index is -0.593. The molecule has 0 radical (unpaired) electrons. The molecule has 1 unspecified atom stereocenters. The molecule has 0 aliphatic carbocycles. The summed E-state index contributed by atoms with van der Waals surface area (Å²) < 4.78 is 32.5. The Balaban J connectivity index is 2.11. The maximum absolute atomic E-state index is 13.5. The predicted molar refractivity (Wildman–Crippen MR) is 74.6 cm³/mol. The Labute approximate surface area is 117 Å². The van der Waals surface area contributed by atoms with Crippen LogP contribution in [-0.2, 0) is 6.61 Å². The zero-order valence-electron chi connectivity index (χ0n) is 11.5. The topological polar surface area (TPSA) is 21.3 Å². The van der Waals surface area contributed by atoms with E-state index in [0.717, 1.165) is 5.56 Å². The maximum atomic E-state index is 13.5. The molecule has 0 spiro atoms. The number of nitrogens with one attached hydrogen (secondary N) is 1. The maximum Gasteiger partial charge on any atom is 0.132 e. The number of ether oxygens (including phenoxy) is 1. The largest absolute Gasteiger partial charge is 0.489 e. The Morgan fingerprint density at radius 1 is 1.10 bits per heavy atom. The van der Waals surface area contributed by atoms with Crippen LogP contribution >= 0.6 is 0 Å². The molecule has 0 saturated carbocycles. The van der Waals surface area contributed by atoms with E-state index in [2.05, 4.69) is 5.32 Å². The fourth-order valence-corrected chi connectivity index (χ4v) is 1.87. The Hall–Kier alpha value is -1.94. The Morgan fingerprint density at radius 3 is 2.40 bits per heavy atom. The van der Waals surface area contributed by atoms with E-state index in [1.165, 1.54) is 18.2 Å². The second kappa shape index (κ2) is 6.48. The summed E-state index contributed by atoms with van der Waals surface area (Å²) >= 11 is 0. The first-order valence-electron chi connectivity index (χ1n) is 6.44. The van der Waals surface area contributed by atoms with Gasteiger partial charge in [-0.2, -0.15) is 0 Å². The molecule has 0 aliphatic heterocycles. The first-order chi connectivity index (χ1) is 9.61. The summed E-state index contributed by atoms with van der Waals surface area (Å²) in [5.74, 6) is -0.596. The highest BCUT2D eigenvalue weighted by Crippen LogP contribution is 2.21. The van der Waals surface area contributed by atoms with E-state index in [1.54, 1.807) is 6.07 Å². The predicted octanol–water partition coefficient (Wildman–Crippen LogP) is 3.82. The molecule has 0 bridgehead atoms. The molecule has 106 valence electrons. The molecule has 0 saturated heterocycles. The summed E-state index contributed by atoms with van der Waals surface area (Å²) in [5, 5.41) is 3.12. The van der Waals surface area contributed by atoms with Crippen LogP contribution in [0.1, 0.15) is 24.1 Å². The fourth-order valence-electron chi connectivity index (χ4n) is 1.87. The normalized spacial score (nSPS) is 12.2. The molecule has 0 aliphatic rings. The fraction of sp³-hybridized carbons (Fsp3) is 0.250. The van der Waals surface area contributed by atoms with Gasteiger partial charge in [0, 0.05) is 6.04 Å². The molecule has 2 aromatic rings. The van der Waals surface area contributed by atoms with Crippen LogP contribution < -0.4 is 10.1 Å². The lowest BCUT2D eigenvalue weighted by Gasteiger charge is -2.13. The Kier molecular flexibility index (Phi) is 4.69. The van der Waals surface area contributed by atoms with Crippen LogP contribution in [0.25, 0.3) is 0 Å². The quantitative estimate of drug-likeness (QED) is 0.897. The van der Waals surface area contributed by atoms with Gasteiger partial charge in [0.05, 0.1) is 5.56 Å². The van der Waals surface area contributed by atoms with Gasteiger partial charge in [0.2, 0.25) is 0 Å². The number of halogens is 2. The van der Waals surface area contributed by atoms with Gasteiger partial charge in [0.15, 0.2) is 0 Å². The summed E-state index contributed by atoms with van der Waals surface area (Å²) in [6.45, 7) is 1.89. The first-order valence-corrected chi connectivity index (χ1v) is 6.44. The van der Waals surface area contributed by atoms with E-state index in [1.807, 2.05) is 32.2 Å². The lowest BCUT2D eigenvalue weighted by molar-refractivity contribution is 0.292. The van der Waals surface area contributed by atoms with Crippen LogP contribution in [0.5, 0.6) is 5.75 Å². The van der Waals surface area contributed by atoms with E-state index in [0.29, 0.717) is 5.75 Å². The first kappa shape index (κ1) is 14.5. The molecular formula is C16H17F2NO. The van der Waals surface area contributed by atoms with E-state index >= 15 is 0 Å². The molecule has 0 aromatic heterocycles. The van der Waals surface area contributed by atoms with Gasteiger partial charge >= 0.3 is 0 Å². The van der Waals surface area contributed by atoms with Gasteiger partial charge in [0.1, 0.15) is 24.0 Å². The standard InChI is InChI=1S/C16H17F2NO/c1-11(19-2)12-5-3-6-13(9-12)20-10-14-15(17)7-4-8-16(14)18/h3-9,11,19H,10H2,1-2H3. The van der Waals surface area contributed by atoms with Crippen molar-refractivity contribution >= 4 is 0 Å². The second-order valence-electron chi connectivity index (χ2n) is 4.57. The van der Waals surface area contributed by atoms with Crippen molar-refractivity contribution in [1.82, 2.24) is 5.32 Å². The summed E-state index contributed by atoms with van der Waals surface area (Å²) in [5.41, 5.74) is 0.999. The SMILES string of the molecule is CNC(C)c1cccc(OCc2c(F)cccc2F)c1. The molecule has 4 heteroatoms. The molecule has 20 heavy (non-hydrogen) atoms.